The molecule has 0 spiro atoms. The molecule has 28 heavy (non-hydrogen) atoms. The van der Waals surface area contributed by atoms with Crippen LogP contribution in [0.4, 0.5) is 16.2 Å². The van der Waals surface area contributed by atoms with Gasteiger partial charge in [-0.05, 0) is 52.3 Å². The van der Waals surface area contributed by atoms with Gasteiger partial charge in [-0.2, -0.15) is 0 Å². The van der Waals surface area contributed by atoms with Crippen molar-refractivity contribution in [2.75, 3.05) is 10.2 Å². The highest BCUT2D eigenvalue weighted by Gasteiger charge is 2.35. The van der Waals surface area contributed by atoms with Gasteiger partial charge in [-0.25, -0.2) is 4.79 Å². The lowest BCUT2D eigenvalue weighted by Crippen LogP contribution is -2.45. The number of hydrogen-bond acceptors (Lipinski definition) is 3. The van der Waals surface area contributed by atoms with E-state index in [1.807, 2.05) is 64.1 Å². The number of benzene rings is 2. The molecule has 3 rings (SSSR count). The van der Waals surface area contributed by atoms with Gasteiger partial charge < -0.3 is 15.4 Å². The van der Waals surface area contributed by atoms with Crippen LogP contribution in [0.25, 0.3) is 0 Å². The number of anilines is 2. The maximum atomic E-state index is 12.8. The van der Waals surface area contributed by atoms with E-state index in [0.717, 1.165) is 5.56 Å². The Kier molecular flexibility index (Phi) is 5.31. The molecule has 1 unspecified atom stereocenters. The summed E-state index contributed by atoms with van der Waals surface area (Å²) in [4.78, 5) is 26.7. The lowest BCUT2D eigenvalue weighted by molar-refractivity contribution is -0.126. The van der Waals surface area contributed by atoms with Crippen LogP contribution in [0, 0.1) is 0 Å². The molecule has 0 saturated carbocycles. The molecule has 1 aliphatic heterocycles. The molecule has 3 amide bonds. The molecule has 6 heteroatoms. The summed E-state index contributed by atoms with van der Waals surface area (Å²) in [6.45, 7) is 9.48. The average molecular weight is 381 g/mol. The normalized spacial score (nSPS) is 17.4. The van der Waals surface area contributed by atoms with E-state index in [0.29, 0.717) is 17.1 Å². The molecule has 0 radical (unpaired) electrons. The molecule has 148 valence electrons. The molecule has 2 aromatic rings. The van der Waals surface area contributed by atoms with E-state index in [9.17, 15) is 9.59 Å². The number of ether oxygens (including phenoxy) is 1. The van der Waals surface area contributed by atoms with Gasteiger partial charge in [0.1, 0.15) is 5.75 Å². The molecule has 0 fully saturated rings. The lowest BCUT2D eigenvalue weighted by atomic mass is 10.0. The summed E-state index contributed by atoms with van der Waals surface area (Å²) in [7, 11) is 0. The number of rotatable bonds is 3. The third kappa shape index (κ3) is 4.27. The quantitative estimate of drug-likeness (QED) is 0.823. The zero-order chi connectivity index (χ0) is 20.5. The topological polar surface area (TPSA) is 70.7 Å². The second-order valence-electron chi connectivity index (χ2n) is 8.07. The van der Waals surface area contributed by atoms with Crippen LogP contribution in [0.2, 0.25) is 0 Å². The number of urea groups is 1. The number of nitrogens with zero attached hydrogens (tertiary/aromatic N) is 1. The third-order valence-electron chi connectivity index (χ3n) is 4.52. The summed E-state index contributed by atoms with van der Waals surface area (Å²) < 4.78 is 5.82. The first-order chi connectivity index (χ1) is 13.2. The zero-order valence-corrected chi connectivity index (χ0v) is 16.9. The van der Waals surface area contributed by atoms with Crippen LogP contribution in [0.1, 0.15) is 46.2 Å². The van der Waals surface area contributed by atoms with E-state index >= 15 is 0 Å². The van der Waals surface area contributed by atoms with Crippen LogP contribution < -0.4 is 20.3 Å². The predicted octanol–water partition coefficient (Wildman–Crippen LogP) is 4.48. The summed E-state index contributed by atoms with van der Waals surface area (Å²) in [5.41, 5.74) is 2.01. The first-order valence-corrected chi connectivity index (χ1v) is 9.43. The third-order valence-corrected chi connectivity index (χ3v) is 4.52. The maximum Gasteiger partial charge on any atom is 0.319 e. The fourth-order valence-corrected chi connectivity index (χ4v) is 3.22. The molecular formula is C22H27N3O3. The molecule has 0 aliphatic carbocycles. The van der Waals surface area contributed by atoms with Crippen molar-refractivity contribution in [2.24, 2.45) is 0 Å². The number of hydrogen-bond donors (Lipinski definition) is 2. The molecule has 1 aliphatic rings. The Morgan fingerprint density at radius 3 is 2.46 bits per heavy atom. The monoisotopic (exact) mass is 381 g/mol. The SMILES string of the molecule is CC1Oc2cc(NC(=O)NC(C)(C)C)ccc2N([C@@H](C)c2ccccc2)C1=O. The summed E-state index contributed by atoms with van der Waals surface area (Å²) >= 11 is 0. The summed E-state index contributed by atoms with van der Waals surface area (Å²) in [5.74, 6) is 0.485. The van der Waals surface area contributed by atoms with E-state index in [2.05, 4.69) is 10.6 Å². The van der Waals surface area contributed by atoms with E-state index in [1.54, 1.807) is 24.0 Å². The van der Waals surface area contributed by atoms with Gasteiger partial charge in [-0.1, -0.05) is 30.3 Å². The zero-order valence-electron chi connectivity index (χ0n) is 16.9. The van der Waals surface area contributed by atoms with Crippen molar-refractivity contribution in [1.82, 2.24) is 5.32 Å². The van der Waals surface area contributed by atoms with Crippen molar-refractivity contribution in [3.63, 3.8) is 0 Å². The Hall–Kier alpha value is -3.02. The summed E-state index contributed by atoms with van der Waals surface area (Å²) in [5, 5.41) is 5.67. The molecule has 0 saturated heterocycles. The van der Waals surface area contributed by atoms with Gasteiger partial charge in [-0.3, -0.25) is 9.69 Å². The maximum absolute atomic E-state index is 12.8. The first-order valence-electron chi connectivity index (χ1n) is 9.43. The fourth-order valence-electron chi connectivity index (χ4n) is 3.22. The second-order valence-corrected chi connectivity index (χ2v) is 8.07. The number of fused-ring (bicyclic) bond motifs is 1. The van der Waals surface area contributed by atoms with Crippen LogP contribution >= 0.6 is 0 Å². The van der Waals surface area contributed by atoms with Crippen molar-refractivity contribution >= 4 is 23.3 Å². The van der Waals surface area contributed by atoms with Gasteiger partial charge in [0.05, 0.1) is 11.7 Å². The smallest absolute Gasteiger partial charge is 0.319 e. The number of carbonyl (C=O) groups is 2. The average Bonchev–Trinajstić information content (AvgIpc) is 2.61. The number of nitrogens with one attached hydrogen (secondary N) is 2. The van der Waals surface area contributed by atoms with Crippen LogP contribution in [-0.2, 0) is 4.79 Å². The second kappa shape index (κ2) is 7.54. The van der Waals surface area contributed by atoms with Gasteiger partial charge in [0.15, 0.2) is 6.10 Å². The Morgan fingerprint density at radius 2 is 1.82 bits per heavy atom. The molecule has 0 aromatic heterocycles. The highest BCUT2D eigenvalue weighted by atomic mass is 16.5. The van der Waals surface area contributed by atoms with Crippen LogP contribution in [0.15, 0.2) is 48.5 Å². The largest absolute Gasteiger partial charge is 0.479 e. The van der Waals surface area contributed by atoms with E-state index in [-0.39, 0.29) is 23.5 Å². The van der Waals surface area contributed by atoms with Crippen molar-refractivity contribution in [2.45, 2.75) is 52.3 Å². The standard InChI is InChI=1S/C22H27N3O3/c1-14(16-9-7-6-8-10-16)25-18-12-11-17(23-21(27)24-22(3,4)5)13-19(18)28-15(2)20(25)26/h6-15H,1-5H3,(H2,23,24,27)/t14-,15?/m0/s1. The van der Waals surface area contributed by atoms with Crippen molar-refractivity contribution in [3.8, 4) is 5.75 Å². The van der Waals surface area contributed by atoms with Gasteiger partial charge in [-0.15, -0.1) is 0 Å². The van der Waals surface area contributed by atoms with Crippen molar-refractivity contribution in [1.29, 1.82) is 0 Å². The van der Waals surface area contributed by atoms with Gasteiger partial charge >= 0.3 is 6.03 Å². The van der Waals surface area contributed by atoms with Crippen molar-refractivity contribution in [3.05, 3.63) is 54.1 Å². The Morgan fingerprint density at radius 1 is 1.14 bits per heavy atom. The summed E-state index contributed by atoms with van der Waals surface area (Å²) in [6.07, 6.45) is -0.600. The molecule has 1 heterocycles. The fraction of sp³-hybridized carbons (Fsp3) is 0.364. The van der Waals surface area contributed by atoms with Gasteiger partial charge in [0.2, 0.25) is 0 Å². The number of amides is 3. The summed E-state index contributed by atoms with van der Waals surface area (Å²) in [6, 6.07) is 14.8. The number of carbonyl (C=O) groups excluding carboxylic acids is 2. The molecule has 2 atom stereocenters. The Balaban J connectivity index is 1.89. The molecule has 2 aromatic carbocycles. The van der Waals surface area contributed by atoms with Crippen LogP contribution in [0.5, 0.6) is 5.75 Å². The van der Waals surface area contributed by atoms with E-state index < -0.39 is 6.10 Å². The van der Waals surface area contributed by atoms with Crippen molar-refractivity contribution < 1.29 is 14.3 Å². The highest BCUT2D eigenvalue weighted by molar-refractivity contribution is 6.01. The minimum Gasteiger partial charge on any atom is -0.479 e. The molecular weight excluding hydrogens is 354 g/mol. The van der Waals surface area contributed by atoms with Crippen LogP contribution in [-0.4, -0.2) is 23.6 Å². The van der Waals surface area contributed by atoms with Gasteiger partial charge in [0, 0.05) is 17.3 Å². The molecule has 0 bridgehead atoms. The Bertz CT molecular complexity index is 874. The van der Waals surface area contributed by atoms with Crippen LogP contribution in [0.3, 0.4) is 0 Å². The van der Waals surface area contributed by atoms with E-state index in [4.69, 9.17) is 4.74 Å². The first kappa shape index (κ1) is 19.7. The van der Waals surface area contributed by atoms with E-state index in [1.165, 1.54) is 0 Å². The predicted molar refractivity (Wildman–Crippen MR) is 111 cm³/mol. The van der Waals surface area contributed by atoms with Gasteiger partial charge in [0.25, 0.3) is 5.91 Å². The minimum atomic E-state index is -0.600. The minimum absolute atomic E-state index is 0.0879. The molecule has 2 N–H and O–H groups in total. The Labute approximate surface area is 165 Å². The lowest BCUT2D eigenvalue weighted by Gasteiger charge is -2.37. The molecule has 6 nitrogen and oxygen atoms in total. The highest BCUT2D eigenvalue weighted by Crippen LogP contribution is 2.40.